The van der Waals surface area contributed by atoms with E-state index in [0.29, 0.717) is 43.0 Å². The van der Waals surface area contributed by atoms with Crippen LogP contribution in [0.2, 0.25) is 0 Å². The molecule has 0 spiro atoms. The van der Waals surface area contributed by atoms with E-state index in [1.165, 1.54) is 5.56 Å². The molecule has 2 amide bonds. The van der Waals surface area contributed by atoms with Gasteiger partial charge in [0, 0.05) is 38.3 Å². The van der Waals surface area contributed by atoms with Gasteiger partial charge in [0.2, 0.25) is 11.8 Å². The first kappa shape index (κ1) is 21.8. The molecule has 1 N–H and O–H groups in total. The summed E-state index contributed by atoms with van der Waals surface area (Å²) < 4.78 is 6.87. The normalized spacial score (nSPS) is 16.3. The Morgan fingerprint density at radius 2 is 1.91 bits per heavy atom. The van der Waals surface area contributed by atoms with Gasteiger partial charge in [0.25, 0.3) is 0 Å². The lowest BCUT2D eigenvalue weighted by molar-refractivity contribution is -0.128. The molecule has 8 heteroatoms. The zero-order chi connectivity index (χ0) is 22.8. The molecule has 168 valence electrons. The second-order valence-corrected chi connectivity index (χ2v) is 8.66. The zero-order valence-electron chi connectivity index (χ0n) is 18.6. The maximum absolute atomic E-state index is 12.9. The minimum Gasteiger partial charge on any atom is -0.408 e. The molecule has 0 saturated carbocycles. The molecule has 1 aromatic heterocycles. The Balaban J connectivity index is 1.44. The molecular weight excluding hydrogens is 408 g/mol. The van der Waals surface area contributed by atoms with Gasteiger partial charge in [-0.1, -0.05) is 29.8 Å². The summed E-state index contributed by atoms with van der Waals surface area (Å²) in [7, 11) is 3.87. The van der Waals surface area contributed by atoms with Crippen LogP contribution in [0.4, 0.5) is 5.69 Å². The highest BCUT2D eigenvalue weighted by Gasteiger charge is 2.34. The number of carbonyl (C=O) groups excluding carboxylic acids is 2. The summed E-state index contributed by atoms with van der Waals surface area (Å²) >= 11 is 0. The number of carbonyl (C=O) groups is 2. The summed E-state index contributed by atoms with van der Waals surface area (Å²) in [4.78, 5) is 41.2. The van der Waals surface area contributed by atoms with E-state index >= 15 is 0 Å². The Bertz CT molecular complexity index is 1190. The van der Waals surface area contributed by atoms with Crippen molar-refractivity contribution in [2.75, 3.05) is 32.5 Å². The number of amides is 2. The van der Waals surface area contributed by atoms with Crippen LogP contribution in [-0.2, 0) is 22.7 Å². The summed E-state index contributed by atoms with van der Waals surface area (Å²) in [5.74, 6) is -1.05. The number of anilines is 1. The van der Waals surface area contributed by atoms with Crippen molar-refractivity contribution in [3.8, 4) is 0 Å². The first-order valence-corrected chi connectivity index (χ1v) is 10.7. The number of likely N-dealkylation sites (N-methyl/N-ethyl adjacent to an activating group) is 1. The minimum atomic E-state index is -0.418. The van der Waals surface area contributed by atoms with Gasteiger partial charge in [-0.2, -0.15) is 0 Å². The molecule has 1 aliphatic heterocycles. The Labute approximate surface area is 186 Å². The fraction of sp³-hybridized carbons (Fsp3) is 0.375. The van der Waals surface area contributed by atoms with E-state index in [4.69, 9.17) is 4.42 Å². The Hall–Kier alpha value is -3.39. The second-order valence-electron chi connectivity index (χ2n) is 8.66. The second kappa shape index (κ2) is 9.00. The van der Waals surface area contributed by atoms with Crippen LogP contribution in [-0.4, -0.2) is 53.4 Å². The molecule has 2 heterocycles. The summed E-state index contributed by atoms with van der Waals surface area (Å²) in [6.45, 7) is 4.09. The molecule has 2 aromatic carbocycles. The average molecular weight is 437 g/mol. The van der Waals surface area contributed by atoms with Crippen LogP contribution in [0.25, 0.3) is 11.1 Å². The highest BCUT2D eigenvalue weighted by Crippen LogP contribution is 2.24. The van der Waals surface area contributed by atoms with Crippen LogP contribution in [0, 0.1) is 12.8 Å². The number of aromatic nitrogens is 1. The monoisotopic (exact) mass is 436 g/mol. The first-order chi connectivity index (χ1) is 15.3. The molecule has 1 aliphatic rings. The lowest BCUT2D eigenvalue weighted by Gasteiger charge is -2.17. The number of fused-ring (bicyclic) bond motifs is 1. The molecule has 0 bridgehead atoms. The van der Waals surface area contributed by atoms with E-state index in [1.54, 1.807) is 27.7 Å². The van der Waals surface area contributed by atoms with Gasteiger partial charge in [0.1, 0.15) is 0 Å². The van der Waals surface area contributed by atoms with Crippen molar-refractivity contribution in [2.45, 2.75) is 26.4 Å². The summed E-state index contributed by atoms with van der Waals surface area (Å²) in [5, 5.41) is 2.90. The minimum absolute atomic E-state index is 0.0199. The molecule has 1 saturated heterocycles. The SMILES string of the molecule is Cc1ccc(CN2CC(C(=O)Nc3ccc4oc(=O)n(CCN(C)C)c4c3)CC2=O)cc1. The van der Waals surface area contributed by atoms with Crippen molar-refractivity contribution in [1.29, 1.82) is 0 Å². The van der Waals surface area contributed by atoms with Crippen molar-refractivity contribution in [1.82, 2.24) is 14.4 Å². The maximum Gasteiger partial charge on any atom is 0.419 e. The van der Waals surface area contributed by atoms with Gasteiger partial charge in [0.05, 0.1) is 11.4 Å². The standard InChI is InChI=1S/C24H28N4O4/c1-16-4-6-17(7-5-16)14-27-15-18(12-22(27)29)23(30)25-19-8-9-21-20(13-19)28(24(31)32-21)11-10-26(2)3/h4-9,13,18H,10-12,14-15H2,1-3H3,(H,25,30). The average Bonchev–Trinajstić information content (AvgIpc) is 3.27. The lowest BCUT2D eigenvalue weighted by Crippen LogP contribution is -2.28. The largest absolute Gasteiger partial charge is 0.419 e. The molecule has 0 radical (unpaired) electrons. The van der Waals surface area contributed by atoms with Crippen molar-refractivity contribution < 1.29 is 14.0 Å². The van der Waals surface area contributed by atoms with Crippen LogP contribution in [0.5, 0.6) is 0 Å². The van der Waals surface area contributed by atoms with Gasteiger partial charge in [-0.3, -0.25) is 14.2 Å². The first-order valence-electron chi connectivity index (χ1n) is 10.7. The fourth-order valence-corrected chi connectivity index (χ4v) is 3.91. The quantitative estimate of drug-likeness (QED) is 0.615. The van der Waals surface area contributed by atoms with Crippen LogP contribution in [0.1, 0.15) is 17.5 Å². The van der Waals surface area contributed by atoms with E-state index in [2.05, 4.69) is 5.32 Å². The summed E-state index contributed by atoms with van der Waals surface area (Å²) in [6.07, 6.45) is 0.194. The molecule has 1 unspecified atom stereocenters. The number of likely N-dealkylation sites (tertiary alicyclic amines) is 1. The summed E-state index contributed by atoms with van der Waals surface area (Å²) in [6, 6.07) is 13.2. The number of aryl methyl sites for hydroxylation is 1. The van der Waals surface area contributed by atoms with Crippen LogP contribution < -0.4 is 11.1 Å². The number of nitrogens with one attached hydrogen (secondary N) is 1. The van der Waals surface area contributed by atoms with E-state index in [9.17, 15) is 14.4 Å². The molecular formula is C24H28N4O4. The highest BCUT2D eigenvalue weighted by molar-refractivity contribution is 5.98. The van der Waals surface area contributed by atoms with Gasteiger partial charge in [-0.15, -0.1) is 0 Å². The number of rotatable bonds is 7. The number of nitrogens with zero attached hydrogens (tertiary/aromatic N) is 3. The van der Waals surface area contributed by atoms with E-state index in [0.717, 1.165) is 5.56 Å². The van der Waals surface area contributed by atoms with Crippen molar-refractivity contribution in [3.05, 3.63) is 64.1 Å². The van der Waals surface area contributed by atoms with E-state index < -0.39 is 11.7 Å². The smallest absolute Gasteiger partial charge is 0.408 e. The number of hydrogen-bond donors (Lipinski definition) is 1. The Morgan fingerprint density at radius 1 is 1.16 bits per heavy atom. The van der Waals surface area contributed by atoms with Gasteiger partial charge in [-0.25, -0.2) is 4.79 Å². The third kappa shape index (κ3) is 4.75. The van der Waals surface area contributed by atoms with Crippen molar-refractivity contribution in [2.24, 2.45) is 5.92 Å². The third-order valence-electron chi connectivity index (χ3n) is 5.79. The van der Waals surface area contributed by atoms with Crippen LogP contribution in [0.3, 0.4) is 0 Å². The maximum atomic E-state index is 12.9. The van der Waals surface area contributed by atoms with Crippen molar-refractivity contribution in [3.63, 3.8) is 0 Å². The topological polar surface area (TPSA) is 87.8 Å². The number of benzene rings is 2. The fourth-order valence-electron chi connectivity index (χ4n) is 3.91. The van der Waals surface area contributed by atoms with E-state index in [-0.39, 0.29) is 18.2 Å². The van der Waals surface area contributed by atoms with Gasteiger partial charge >= 0.3 is 5.76 Å². The van der Waals surface area contributed by atoms with Crippen LogP contribution >= 0.6 is 0 Å². The molecule has 4 rings (SSSR count). The summed E-state index contributed by atoms with van der Waals surface area (Å²) in [5.41, 5.74) is 3.91. The molecule has 1 atom stereocenters. The molecule has 32 heavy (non-hydrogen) atoms. The third-order valence-corrected chi connectivity index (χ3v) is 5.79. The van der Waals surface area contributed by atoms with Gasteiger partial charge < -0.3 is 19.5 Å². The lowest BCUT2D eigenvalue weighted by atomic mass is 10.1. The van der Waals surface area contributed by atoms with Gasteiger partial charge in [-0.05, 0) is 44.8 Å². The molecule has 8 nitrogen and oxygen atoms in total. The molecule has 1 fully saturated rings. The predicted molar refractivity (Wildman–Crippen MR) is 122 cm³/mol. The van der Waals surface area contributed by atoms with Gasteiger partial charge in [0.15, 0.2) is 5.58 Å². The number of hydrogen-bond acceptors (Lipinski definition) is 5. The zero-order valence-corrected chi connectivity index (χ0v) is 18.6. The molecule has 0 aliphatic carbocycles. The molecule has 3 aromatic rings. The number of oxazole rings is 1. The van der Waals surface area contributed by atoms with E-state index in [1.807, 2.05) is 50.2 Å². The predicted octanol–water partition coefficient (Wildman–Crippen LogP) is 2.45. The van der Waals surface area contributed by atoms with Crippen LogP contribution in [0.15, 0.2) is 51.7 Å². The Morgan fingerprint density at radius 3 is 2.62 bits per heavy atom. The highest BCUT2D eigenvalue weighted by atomic mass is 16.4. The Kier molecular flexibility index (Phi) is 6.14. The van der Waals surface area contributed by atoms with Crippen molar-refractivity contribution >= 4 is 28.6 Å².